The molecule has 0 heterocycles. The number of carbonyl (C=O) groups excluding carboxylic acids is 1. The van der Waals surface area contributed by atoms with Crippen molar-refractivity contribution in [2.24, 2.45) is 11.7 Å². The Labute approximate surface area is 127 Å². The lowest BCUT2D eigenvalue weighted by Gasteiger charge is -2.28. The normalized spacial score (nSPS) is 21.9. The van der Waals surface area contributed by atoms with Gasteiger partial charge in [-0.1, -0.05) is 18.9 Å². The van der Waals surface area contributed by atoms with Crippen molar-refractivity contribution in [1.82, 2.24) is 0 Å². The molecule has 0 aliphatic heterocycles. The van der Waals surface area contributed by atoms with Gasteiger partial charge >= 0.3 is 0 Å². The van der Waals surface area contributed by atoms with Crippen molar-refractivity contribution >= 4 is 11.6 Å². The van der Waals surface area contributed by atoms with Crippen LogP contribution in [0.2, 0.25) is 0 Å². The van der Waals surface area contributed by atoms with Crippen LogP contribution >= 0.6 is 0 Å². The summed E-state index contributed by atoms with van der Waals surface area (Å²) in [6.45, 7) is 3.96. The zero-order valence-electron chi connectivity index (χ0n) is 13.2. The summed E-state index contributed by atoms with van der Waals surface area (Å²) >= 11 is 0. The van der Waals surface area contributed by atoms with Crippen LogP contribution in [0.5, 0.6) is 5.75 Å². The van der Waals surface area contributed by atoms with Gasteiger partial charge in [-0.2, -0.15) is 0 Å². The molecule has 1 amide bonds. The third-order valence-electron chi connectivity index (χ3n) is 4.50. The Morgan fingerprint density at radius 3 is 2.71 bits per heavy atom. The fraction of sp³-hybridized carbons (Fsp3) is 0.588. The van der Waals surface area contributed by atoms with Gasteiger partial charge in [-0.05, 0) is 44.2 Å². The summed E-state index contributed by atoms with van der Waals surface area (Å²) in [4.78, 5) is 12.3. The second-order valence-corrected chi connectivity index (χ2v) is 6.05. The predicted molar refractivity (Wildman–Crippen MR) is 85.6 cm³/mol. The third kappa shape index (κ3) is 3.76. The van der Waals surface area contributed by atoms with E-state index in [1.165, 1.54) is 12.8 Å². The zero-order chi connectivity index (χ0) is 15.4. The summed E-state index contributed by atoms with van der Waals surface area (Å²) in [6, 6.07) is 4.07. The largest absolute Gasteiger partial charge is 0.496 e. The molecule has 0 aromatic heterocycles. The highest BCUT2D eigenvalue weighted by atomic mass is 16.5. The van der Waals surface area contributed by atoms with Crippen LogP contribution in [0.4, 0.5) is 5.69 Å². The summed E-state index contributed by atoms with van der Waals surface area (Å²) in [5.41, 5.74) is 8.98. The second-order valence-electron chi connectivity index (χ2n) is 6.05. The Kier molecular flexibility index (Phi) is 5.23. The molecule has 3 N–H and O–H groups in total. The number of nitrogens with two attached hydrogens (primary N) is 1. The Morgan fingerprint density at radius 1 is 1.33 bits per heavy atom. The monoisotopic (exact) mass is 290 g/mol. The van der Waals surface area contributed by atoms with Crippen molar-refractivity contribution < 1.29 is 9.53 Å². The first-order valence-electron chi connectivity index (χ1n) is 7.72. The molecule has 0 radical (unpaired) electrons. The van der Waals surface area contributed by atoms with Crippen molar-refractivity contribution in [2.75, 3.05) is 12.4 Å². The first-order valence-corrected chi connectivity index (χ1v) is 7.72. The van der Waals surface area contributed by atoms with E-state index in [4.69, 9.17) is 10.5 Å². The van der Waals surface area contributed by atoms with E-state index < -0.39 is 0 Å². The fourth-order valence-electron chi connectivity index (χ4n) is 3.21. The average Bonchev–Trinajstić information content (AvgIpc) is 2.45. The number of nitrogens with one attached hydrogen (secondary N) is 1. The summed E-state index contributed by atoms with van der Waals surface area (Å²) in [7, 11) is 1.65. The minimum absolute atomic E-state index is 0.0476. The number of methoxy groups -OCH3 is 1. The third-order valence-corrected chi connectivity index (χ3v) is 4.50. The molecule has 0 bridgehead atoms. The number of amides is 1. The van der Waals surface area contributed by atoms with Crippen LogP contribution in [-0.4, -0.2) is 19.1 Å². The molecule has 4 nitrogen and oxygen atoms in total. The quantitative estimate of drug-likeness (QED) is 0.895. The number of carbonyl (C=O) groups is 1. The molecule has 1 aliphatic rings. The molecule has 1 fully saturated rings. The van der Waals surface area contributed by atoms with Crippen LogP contribution in [0, 0.1) is 19.8 Å². The molecule has 4 heteroatoms. The van der Waals surface area contributed by atoms with E-state index in [2.05, 4.69) is 5.32 Å². The maximum Gasteiger partial charge on any atom is 0.224 e. The number of hydrogen-bond acceptors (Lipinski definition) is 3. The first kappa shape index (κ1) is 15.8. The van der Waals surface area contributed by atoms with Gasteiger partial charge in [0.05, 0.1) is 7.11 Å². The van der Waals surface area contributed by atoms with E-state index in [1.807, 2.05) is 26.0 Å². The van der Waals surface area contributed by atoms with Gasteiger partial charge in [-0.25, -0.2) is 0 Å². The minimum atomic E-state index is 0.0476. The van der Waals surface area contributed by atoms with Gasteiger partial charge in [0.25, 0.3) is 0 Å². The van der Waals surface area contributed by atoms with Gasteiger partial charge < -0.3 is 15.8 Å². The lowest BCUT2D eigenvalue weighted by atomic mass is 9.83. The number of hydrogen-bond donors (Lipinski definition) is 2. The zero-order valence-corrected chi connectivity index (χ0v) is 13.2. The topological polar surface area (TPSA) is 64.3 Å². The summed E-state index contributed by atoms with van der Waals surface area (Å²) < 4.78 is 5.39. The molecular weight excluding hydrogens is 264 g/mol. The molecule has 0 saturated heterocycles. The minimum Gasteiger partial charge on any atom is -0.496 e. The van der Waals surface area contributed by atoms with E-state index >= 15 is 0 Å². The molecule has 21 heavy (non-hydrogen) atoms. The average molecular weight is 290 g/mol. The summed E-state index contributed by atoms with van der Waals surface area (Å²) in [6.07, 6.45) is 4.98. The van der Waals surface area contributed by atoms with Gasteiger partial charge in [-0.15, -0.1) is 0 Å². The van der Waals surface area contributed by atoms with E-state index in [0.717, 1.165) is 35.4 Å². The number of rotatable bonds is 4. The van der Waals surface area contributed by atoms with Crippen molar-refractivity contribution in [3.05, 3.63) is 23.3 Å². The number of benzene rings is 1. The molecule has 2 rings (SSSR count). The first-order chi connectivity index (χ1) is 10.0. The van der Waals surface area contributed by atoms with E-state index in [0.29, 0.717) is 12.3 Å². The van der Waals surface area contributed by atoms with Crippen molar-refractivity contribution in [3.8, 4) is 5.75 Å². The molecule has 1 aromatic carbocycles. The molecule has 1 saturated carbocycles. The number of ether oxygens (including phenoxy) is 1. The molecule has 2 atom stereocenters. The van der Waals surface area contributed by atoms with E-state index in [-0.39, 0.29) is 11.9 Å². The van der Waals surface area contributed by atoms with Crippen LogP contribution in [0.1, 0.15) is 43.2 Å². The van der Waals surface area contributed by atoms with Crippen LogP contribution in [0.3, 0.4) is 0 Å². The lowest BCUT2D eigenvalue weighted by molar-refractivity contribution is -0.117. The van der Waals surface area contributed by atoms with Crippen molar-refractivity contribution in [1.29, 1.82) is 0 Å². The summed E-state index contributed by atoms with van der Waals surface area (Å²) in [5.74, 6) is 1.19. The molecular formula is C17H26N2O2. The van der Waals surface area contributed by atoms with Gasteiger partial charge in [0.1, 0.15) is 5.75 Å². The predicted octanol–water partition coefficient (Wildman–Crippen LogP) is 3.16. The number of aryl methyl sites for hydroxylation is 1. The molecule has 1 aliphatic carbocycles. The standard InChI is InChI=1S/C17H26N2O2/c1-11-8-9-15(12(2)17(11)21-3)19-16(20)10-13-6-4-5-7-14(13)18/h8-9,13-14H,4-7,10,18H2,1-3H3,(H,19,20). The van der Waals surface area contributed by atoms with Crippen LogP contribution < -0.4 is 15.8 Å². The molecule has 116 valence electrons. The Balaban J connectivity index is 2.02. The highest BCUT2D eigenvalue weighted by Gasteiger charge is 2.24. The SMILES string of the molecule is COc1c(C)ccc(NC(=O)CC2CCCCC2N)c1C. The highest BCUT2D eigenvalue weighted by Crippen LogP contribution is 2.30. The highest BCUT2D eigenvalue weighted by molar-refractivity contribution is 5.92. The van der Waals surface area contributed by atoms with Crippen LogP contribution in [-0.2, 0) is 4.79 Å². The maximum absolute atomic E-state index is 12.3. The maximum atomic E-state index is 12.3. The molecule has 0 spiro atoms. The number of anilines is 1. The molecule has 2 unspecified atom stereocenters. The smallest absolute Gasteiger partial charge is 0.224 e. The van der Waals surface area contributed by atoms with Gasteiger partial charge in [0.2, 0.25) is 5.91 Å². The Bertz CT molecular complexity index is 514. The molecule has 1 aromatic rings. The van der Waals surface area contributed by atoms with Gasteiger partial charge in [-0.3, -0.25) is 4.79 Å². The van der Waals surface area contributed by atoms with Gasteiger partial charge in [0.15, 0.2) is 0 Å². The van der Waals surface area contributed by atoms with Crippen LogP contribution in [0.15, 0.2) is 12.1 Å². The lowest BCUT2D eigenvalue weighted by Crippen LogP contribution is -2.35. The van der Waals surface area contributed by atoms with Crippen molar-refractivity contribution in [2.45, 2.75) is 52.0 Å². The van der Waals surface area contributed by atoms with E-state index in [9.17, 15) is 4.79 Å². The Morgan fingerprint density at radius 2 is 2.05 bits per heavy atom. The van der Waals surface area contributed by atoms with Crippen molar-refractivity contribution in [3.63, 3.8) is 0 Å². The summed E-state index contributed by atoms with van der Waals surface area (Å²) in [5, 5.41) is 3.01. The second kappa shape index (κ2) is 6.94. The Hall–Kier alpha value is -1.55. The van der Waals surface area contributed by atoms with Crippen LogP contribution in [0.25, 0.3) is 0 Å². The van der Waals surface area contributed by atoms with Gasteiger partial charge in [0, 0.05) is 23.7 Å². The van der Waals surface area contributed by atoms with E-state index in [1.54, 1.807) is 7.11 Å². The fourth-order valence-corrected chi connectivity index (χ4v) is 3.21.